The van der Waals surface area contributed by atoms with E-state index in [1.807, 2.05) is 52.9 Å². The predicted molar refractivity (Wildman–Crippen MR) is 141 cm³/mol. The van der Waals surface area contributed by atoms with Crippen molar-refractivity contribution in [2.75, 3.05) is 24.5 Å². The van der Waals surface area contributed by atoms with Gasteiger partial charge in [-0.05, 0) is 70.4 Å². The third-order valence-electron chi connectivity index (χ3n) is 8.11. The minimum Gasteiger partial charge on any atom is -0.490 e. The molecule has 3 aromatic rings. The number of fused-ring (bicyclic) bond motifs is 1. The van der Waals surface area contributed by atoms with E-state index in [9.17, 15) is 10.1 Å². The summed E-state index contributed by atoms with van der Waals surface area (Å²) >= 11 is 0. The van der Waals surface area contributed by atoms with Crippen LogP contribution in [0.4, 0.5) is 5.82 Å². The molecule has 2 unspecified atom stereocenters. The third kappa shape index (κ3) is 4.63. The molecular weight excluding hydrogens is 464 g/mol. The summed E-state index contributed by atoms with van der Waals surface area (Å²) in [7, 11) is 0. The van der Waals surface area contributed by atoms with Crippen LogP contribution in [0.1, 0.15) is 79.0 Å². The molecule has 2 aromatic heterocycles. The molecule has 0 bridgehead atoms. The normalized spacial score (nSPS) is 22.5. The first-order valence-corrected chi connectivity index (χ1v) is 13.7. The van der Waals surface area contributed by atoms with Crippen molar-refractivity contribution in [1.82, 2.24) is 19.5 Å². The summed E-state index contributed by atoms with van der Waals surface area (Å²) in [6, 6.07) is 12.0. The second kappa shape index (κ2) is 10.0. The molecule has 37 heavy (non-hydrogen) atoms. The Hall–Kier alpha value is -3.60. The maximum Gasteiger partial charge on any atom is 0.258 e. The number of ether oxygens (including phenoxy) is 1. The summed E-state index contributed by atoms with van der Waals surface area (Å²) in [5.41, 5.74) is 3.33. The number of hydrogen-bond donors (Lipinski definition) is 0. The van der Waals surface area contributed by atoms with E-state index in [1.165, 1.54) is 12.8 Å². The van der Waals surface area contributed by atoms with Crippen molar-refractivity contribution < 1.29 is 9.53 Å². The van der Waals surface area contributed by atoms with Crippen LogP contribution in [-0.4, -0.2) is 51.1 Å². The second-order valence-corrected chi connectivity index (χ2v) is 10.7. The number of piperidine rings is 1. The Morgan fingerprint density at radius 1 is 1.08 bits per heavy atom. The number of aromatic nitrogens is 3. The SMILES string of the molecule is Cc1cn2nc(C3CCCCN3C(=O)c3ccccc3OC3CCCC3)cc2nc1N1CCC(C#N)C1. The molecule has 1 amide bonds. The van der Waals surface area contributed by atoms with E-state index < -0.39 is 0 Å². The van der Waals surface area contributed by atoms with Crippen LogP contribution in [0.15, 0.2) is 36.5 Å². The summed E-state index contributed by atoms with van der Waals surface area (Å²) in [6.45, 7) is 4.31. The highest BCUT2D eigenvalue weighted by Gasteiger charge is 2.33. The molecule has 2 saturated heterocycles. The minimum atomic E-state index is -0.0963. The summed E-state index contributed by atoms with van der Waals surface area (Å²) < 4.78 is 8.13. The van der Waals surface area contributed by atoms with Gasteiger partial charge in [-0.1, -0.05) is 12.1 Å². The van der Waals surface area contributed by atoms with Gasteiger partial charge in [0, 0.05) is 37.5 Å². The molecule has 4 heterocycles. The smallest absolute Gasteiger partial charge is 0.258 e. The maximum absolute atomic E-state index is 13.9. The molecule has 8 nitrogen and oxygen atoms in total. The molecule has 1 saturated carbocycles. The summed E-state index contributed by atoms with van der Waals surface area (Å²) in [5.74, 6) is 1.69. The molecule has 1 aliphatic carbocycles. The van der Waals surface area contributed by atoms with Crippen LogP contribution >= 0.6 is 0 Å². The first kappa shape index (κ1) is 23.8. The zero-order chi connectivity index (χ0) is 25.4. The third-order valence-corrected chi connectivity index (χ3v) is 8.11. The number of likely N-dealkylation sites (tertiary alicyclic amines) is 1. The number of carbonyl (C=O) groups excluding carboxylic acids is 1. The molecule has 3 aliphatic rings. The highest BCUT2D eigenvalue weighted by molar-refractivity contribution is 5.97. The zero-order valence-electron chi connectivity index (χ0n) is 21.5. The van der Waals surface area contributed by atoms with Crippen LogP contribution in [-0.2, 0) is 0 Å². The monoisotopic (exact) mass is 498 g/mol. The van der Waals surface area contributed by atoms with Gasteiger partial charge in [0.05, 0.1) is 35.4 Å². The minimum absolute atomic E-state index is 0.0137. The lowest BCUT2D eigenvalue weighted by Crippen LogP contribution is -2.39. The number of nitriles is 1. The predicted octanol–water partition coefficient (Wildman–Crippen LogP) is 5.08. The van der Waals surface area contributed by atoms with Crippen molar-refractivity contribution in [3.8, 4) is 11.8 Å². The number of benzene rings is 1. The number of carbonyl (C=O) groups is 1. The Morgan fingerprint density at radius 2 is 1.89 bits per heavy atom. The lowest BCUT2D eigenvalue weighted by atomic mass is 9.98. The van der Waals surface area contributed by atoms with Crippen molar-refractivity contribution >= 4 is 17.4 Å². The quantitative estimate of drug-likeness (QED) is 0.488. The summed E-state index contributed by atoms with van der Waals surface area (Å²) in [5, 5.41) is 14.2. The van der Waals surface area contributed by atoms with Gasteiger partial charge in [0.15, 0.2) is 5.65 Å². The van der Waals surface area contributed by atoms with E-state index in [0.29, 0.717) is 17.9 Å². The van der Waals surface area contributed by atoms with Gasteiger partial charge in [-0.25, -0.2) is 9.50 Å². The fourth-order valence-electron chi connectivity index (χ4n) is 6.13. The van der Waals surface area contributed by atoms with Gasteiger partial charge in [-0.3, -0.25) is 4.79 Å². The van der Waals surface area contributed by atoms with Crippen molar-refractivity contribution in [2.24, 2.45) is 5.92 Å². The lowest BCUT2D eigenvalue weighted by Gasteiger charge is -2.35. The van der Waals surface area contributed by atoms with Crippen LogP contribution in [0.25, 0.3) is 5.65 Å². The van der Waals surface area contributed by atoms with Gasteiger partial charge in [0.25, 0.3) is 5.91 Å². The Balaban J connectivity index is 1.28. The summed E-state index contributed by atoms with van der Waals surface area (Å²) in [6.07, 6.45) is 10.5. The first-order chi connectivity index (χ1) is 18.1. The van der Waals surface area contributed by atoms with Gasteiger partial charge in [-0.15, -0.1) is 0 Å². The zero-order valence-corrected chi connectivity index (χ0v) is 21.5. The van der Waals surface area contributed by atoms with Crippen molar-refractivity contribution in [3.63, 3.8) is 0 Å². The first-order valence-electron chi connectivity index (χ1n) is 13.7. The Kier molecular flexibility index (Phi) is 6.45. The Morgan fingerprint density at radius 3 is 2.70 bits per heavy atom. The average Bonchev–Trinajstić information content (AvgIpc) is 3.69. The molecule has 0 spiro atoms. The van der Waals surface area contributed by atoms with Gasteiger partial charge in [-0.2, -0.15) is 10.4 Å². The maximum atomic E-state index is 13.9. The molecule has 8 heteroatoms. The van der Waals surface area contributed by atoms with Gasteiger partial charge < -0.3 is 14.5 Å². The van der Waals surface area contributed by atoms with Crippen LogP contribution in [0.5, 0.6) is 5.75 Å². The molecule has 192 valence electrons. The van der Waals surface area contributed by atoms with Crippen molar-refractivity contribution in [1.29, 1.82) is 5.26 Å². The molecule has 0 N–H and O–H groups in total. The van der Waals surface area contributed by atoms with Crippen molar-refractivity contribution in [3.05, 3.63) is 53.3 Å². The number of rotatable bonds is 5. The van der Waals surface area contributed by atoms with E-state index in [2.05, 4.69) is 11.0 Å². The van der Waals surface area contributed by atoms with Gasteiger partial charge in [0.1, 0.15) is 11.6 Å². The number of hydrogen-bond acceptors (Lipinski definition) is 6. The molecule has 2 aliphatic heterocycles. The second-order valence-electron chi connectivity index (χ2n) is 10.7. The lowest BCUT2D eigenvalue weighted by molar-refractivity contribution is 0.0598. The summed E-state index contributed by atoms with van der Waals surface area (Å²) in [4.78, 5) is 23.0. The standard InChI is InChI=1S/C29H34N6O2/c1-20-18-35-27(31-28(20)33-15-13-21(17-30)19-33)16-24(32-35)25-11-6-7-14-34(25)29(36)23-10-4-5-12-26(23)37-22-8-2-3-9-22/h4-5,10,12,16,18,21-22,25H,2-3,6-9,11,13-15,19H2,1H3. The van der Waals surface area contributed by atoms with E-state index in [1.54, 1.807) is 0 Å². The Bertz CT molecular complexity index is 1340. The van der Waals surface area contributed by atoms with E-state index >= 15 is 0 Å². The molecule has 3 fully saturated rings. The van der Waals surface area contributed by atoms with Gasteiger partial charge >= 0.3 is 0 Å². The highest BCUT2D eigenvalue weighted by atomic mass is 16.5. The number of para-hydroxylation sites is 1. The van der Waals surface area contributed by atoms with Crippen molar-refractivity contribution in [2.45, 2.75) is 70.4 Å². The molecule has 1 aromatic carbocycles. The number of nitrogens with zero attached hydrogens (tertiary/aromatic N) is 6. The molecule has 2 atom stereocenters. The largest absolute Gasteiger partial charge is 0.490 e. The van der Waals surface area contributed by atoms with E-state index in [4.69, 9.17) is 14.8 Å². The van der Waals surface area contributed by atoms with E-state index in [-0.39, 0.29) is 24.0 Å². The molecule has 6 rings (SSSR count). The van der Waals surface area contributed by atoms with E-state index in [0.717, 1.165) is 74.3 Å². The average molecular weight is 499 g/mol. The fourth-order valence-corrected chi connectivity index (χ4v) is 6.13. The topological polar surface area (TPSA) is 86.8 Å². The van der Waals surface area contributed by atoms with Gasteiger partial charge in [0.2, 0.25) is 0 Å². The number of amides is 1. The van der Waals surface area contributed by atoms with Crippen LogP contribution in [0.2, 0.25) is 0 Å². The molecule has 0 radical (unpaired) electrons. The Labute approximate surface area is 217 Å². The van der Waals surface area contributed by atoms with Crippen LogP contribution < -0.4 is 9.64 Å². The fraction of sp³-hybridized carbons (Fsp3) is 0.517. The molecular formula is C29H34N6O2. The van der Waals surface area contributed by atoms with Crippen LogP contribution in [0, 0.1) is 24.2 Å². The van der Waals surface area contributed by atoms with Crippen LogP contribution in [0.3, 0.4) is 0 Å². The highest BCUT2D eigenvalue weighted by Crippen LogP contribution is 2.35. The number of anilines is 1. The number of aryl methyl sites for hydroxylation is 1.